The third kappa shape index (κ3) is 3.58. The summed E-state index contributed by atoms with van der Waals surface area (Å²) in [6, 6.07) is 8.78. The van der Waals surface area contributed by atoms with E-state index in [1.54, 1.807) is 49.0 Å². The van der Waals surface area contributed by atoms with Crippen LogP contribution in [0.4, 0.5) is 5.69 Å². The Bertz CT molecular complexity index is 1250. The van der Waals surface area contributed by atoms with E-state index in [2.05, 4.69) is 5.32 Å². The number of amides is 1. The highest BCUT2D eigenvalue weighted by Crippen LogP contribution is 2.41. The van der Waals surface area contributed by atoms with Gasteiger partial charge in [-0.3, -0.25) is 14.3 Å². The van der Waals surface area contributed by atoms with Gasteiger partial charge in [-0.1, -0.05) is 64.6 Å². The number of nitrogens with zero attached hydrogens (tertiary/aromatic N) is 2. The molecule has 0 aliphatic rings. The van der Waals surface area contributed by atoms with Crippen LogP contribution in [0, 0.1) is 6.92 Å². The Hall–Kier alpha value is -2.45. The molecule has 0 atom stereocenters. The van der Waals surface area contributed by atoms with Gasteiger partial charge in [0.05, 0.1) is 42.6 Å². The molecule has 0 saturated heterocycles. The molecule has 1 amide bonds. The van der Waals surface area contributed by atoms with Crippen LogP contribution in [0.5, 0.6) is 0 Å². The number of halogens is 4. The van der Waals surface area contributed by atoms with Crippen molar-refractivity contribution in [3.63, 3.8) is 0 Å². The molecular formula is C19H13Cl4N3O4. The van der Waals surface area contributed by atoms with Crippen LogP contribution in [-0.2, 0) is 7.05 Å². The van der Waals surface area contributed by atoms with Crippen LogP contribution in [0.3, 0.4) is 0 Å². The minimum atomic E-state index is -1.53. The smallest absolute Gasteiger partial charge is 0.338 e. The number of carbonyl (C=O) groups is 2. The normalized spacial score (nSPS) is 10.9. The lowest BCUT2D eigenvalue weighted by molar-refractivity contribution is 0.0692. The van der Waals surface area contributed by atoms with Crippen molar-refractivity contribution in [1.82, 2.24) is 9.36 Å². The molecule has 0 spiro atoms. The second kappa shape index (κ2) is 8.35. The summed E-state index contributed by atoms with van der Waals surface area (Å²) in [5.74, 6) is -2.50. The highest BCUT2D eigenvalue weighted by Gasteiger charge is 2.30. The molecule has 156 valence electrons. The molecule has 0 bridgehead atoms. The number of rotatable bonds is 4. The molecule has 7 nitrogen and oxygen atoms in total. The van der Waals surface area contributed by atoms with Crippen molar-refractivity contribution in [2.24, 2.45) is 7.05 Å². The summed E-state index contributed by atoms with van der Waals surface area (Å²) in [6.45, 7) is 1.62. The number of aromatic nitrogens is 2. The average Bonchev–Trinajstić information content (AvgIpc) is 2.92. The maximum absolute atomic E-state index is 13.0. The highest BCUT2D eigenvalue weighted by molar-refractivity contribution is 6.54. The maximum Gasteiger partial charge on any atom is 0.338 e. The molecule has 0 saturated carbocycles. The van der Waals surface area contributed by atoms with Crippen molar-refractivity contribution in [3.05, 3.63) is 77.6 Å². The van der Waals surface area contributed by atoms with Gasteiger partial charge in [-0.25, -0.2) is 9.48 Å². The number of aromatic carboxylic acids is 1. The molecule has 30 heavy (non-hydrogen) atoms. The molecule has 0 aliphatic carbocycles. The Morgan fingerprint density at radius 3 is 2.00 bits per heavy atom. The average molecular weight is 489 g/mol. The third-order valence-electron chi connectivity index (χ3n) is 4.50. The standard InChI is InChI=1S/C19H13Cl4N3O4/c1-8-16(18(28)26(25(8)2)9-6-4-3-5-7-9)24-17(27)10-11(19(29)30)13(21)15(23)14(22)12(10)20/h3-7H,1-2H3,(H,24,27)(H,29,30). The first-order chi connectivity index (χ1) is 14.1. The zero-order chi connectivity index (χ0) is 22.3. The van der Waals surface area contributed by atoms with Crippen molar-refractivity contribution < 1.29 is 14.7 Å². The van der Waals surface area contributed by atoms with E-state index in [-0.39, 0.29) is 15.7 Å². The number of hydrogen-bond acceptors (Lipinski definition) is 3. The van der Waals surface area contributed by atoms with Gasteiger partial charge in [0.2, 0.25) is 0 Å². The molecule has 2 aromatic carbocycles. The minimum Gasteiger partial charge on any atom is -0.478 e. The van der Waals surface area contributed by atoms with Crippen LogP contribution >= 0.6 is 46.4 Å². The van der Waals surface area contributed by atoms with E-state index in [9.17, 15) is 19.5 Å². The molecule has 3 rings (SSSR count). The summed E-state index contributed by atoms with van der Waals surface area (Å²) >= 11 is 24.0. The second-order valence-corrected chi connectivity index (χ2v) is 7.71. The van der Waals surface area contributed by atoms with E-state index in [0.717, 1.165) is 0 Å². The Kier molecular flexibility index (Phi) is 6.19. The summed E-state index contributed by atoms with van der Waals surface area (Å²) in [7, 11) is 1.64. The number of hydrogen-bond donors (Lipinski definition) is 2. The molecule has 1 aromatic heterocycles. The van der Waals surface area contributed by atoms with Crippen molar-refractivity contribution in [1.29, 1.82) is 0 Å². The Labute approximate surface area is 190 Å². The van der Waals surface area contributed by atoms with Crippen LogP contribution in [-0.4, -0.2) is 26.3 Å². The topological polar surface area (TPSA) is 93.3 Å². The first kappa shape index (κ1) is 22.2. The first-order valence-corrected chi connectivity index (χ1v) is 9.83. The minimum absolute atomic E-state index is 0.0547. The van der Waals surface area contributed by atoms with Gasteiger partial charge in [-0.15, -0.1) is 0 Å². The Balaban J connectivity index is 2.16. The third-order valence-corrected chi connectivity index (χ3v) is 6.30. The first-order valence-electron chi connectivity index (χ1n) is 8.32. The van der Waals surface area contributed by atoms with Gasteiger partial charge in [0, 0.05) is 7.05 Å². The monoisotopic (exact) mass is 487 g/mol. The predicted molar refractivity (Wildman–Crippen MR) is 117 cm³/mol. The van der Waals surface area contributed by atoms with Crippen LogP contribution < -0.4 is 10.9 Å². The molecule has 1 heterocycles. The van der Waals surface area contributed by atoms with E-state index in [1.165, 1.54) is 4.68 Å². The van der Waals surface area contributed by atoms with Crippen molar-refractivity contribution in [2.75, 3.05) is 5.32 Å². The number of carbonyl (C=O) groups excluding carboxylic acids is 1. The zero-order valence-corrected chi connectivity index (χ0v) is 18.5. The van der Waals surface area contributed by atoms with Crippen molar-refractivity contribution in [3.8, 4) is 5.69 Å². The largest absolute Gasteiger partial charge is 0.478 e. The number of nitrogens with one attached hydrogen (secondary N) is 1. The van der Waals surface area contributed by atoms with Gasteiger partial charge in [0.1, 0.15) is 5.69 Å². The molecule has 2 N–H and O–H groups in total. The summed E-state index contributed by atoms with van der Waals surface area (Å²) in [6.07, 6.45) is 0. The molecule has 0 radical (unpaired) electrons. The van der Waals surface area contributed by atoms with Crippen LogP contribution in [0.25, 0.3) is 5.69 Å². The van der Waals surface area contributed by atoms with Crippen molar-refractivity contribution in [2.45, 2.75) is 6.92 Å². The van der Waals surface area contributed by atoms with Crippen molar-refractivity contribution >= 4 is 64.0 Å². The number of carboxylic acids is 1. The molecule has 0 unspecified atom stereocenters. The molecule has 3 aromatic rings. The number of anilines is 1. The Morgan fingerprint density at radius 1 is 0.933 bits per heavy atom. The summed E-state index contributed by atoms with van der Waals surface area (Å²) in [5, 5.41) is 10.6. The highest BCUT2D eigenvalue weighted by atomic mass is 35.5. The van der Waals surface area contributed by atoms with Gasteiger partial charge in [0.25, 0.3) is 11.5 Å². The molecule has 0 fully saturated rings. The van der Waals surface area contributed by atoms with Gasteiger partial charge < -0.3 is 10.4 Å². The fraction of sp³-hybridized carbons (Fsp3) is 0.105. The van der Waals surface area contributed by atoms with E-state index >= 15 is 0 Å². The van der Waals surface area contributed by atoms with E-state index < -0.39 is 38.6 Å². The molecular weight excluding hydrogens is 476 g/mol. The Morgan fingerprint density at radius 2 is 1.47 bits per heavy atom. The van der Waals surface area contributed by atoms with Gasteiger partial charge in [-0.2, -0.15) is 0 Å². The SMILES string of the molecule is Cc1c(NC(=O)c2c(Cl)c(Cl)c(Cl)c(Cl)c2C(=O)O)c(=O)n(-c2ccccc2)n1C. The number of carboxylic acid groups (broad SMARTS) is 1. The van der Waals surface area contributed by atoms with E-state index in [1.807, 2.05) is 0 Å². The zero-order valence-electron chi connectivity index (χ0n) is 15.5. The molecule has 0 aliphatic heterocycles. The quantitative estimate of drug-likeness (QED) is 0.397. The lowest BCUT2D eigenvalue weighted by Crippen LogP contribution is -2.24. The lowest BCUT2D eigenvalue weighted by Gasteiger charge is -2.13. The van der Waals surface area contributed by atoms with Gasteiger partial charge >= 0.3 is 5.97 Å². The van der Waals surface area contributed by atoms with Gasteiger partial charge in [0.15, 0.2) is 0 Å². The number of para-hydroxylation sites is 1. The summed E-state index contributed by atoms with van der Waals surface area (Å²) in [5.41, 5.74) is -0.690. The van der Waals surface area contributed by atoms with E-state index in [0.29, 0.717) is 11.4 Å². The fourth-order valence-electron chi connectivity index (χ4n) is 2.93. The van der Waals surface area contributed by atoms with Crippen LogP contribution in [0.1, 0.15) is 26.4 Å². The second-order valence-electron chi connectivity index (χ2n) is 6.20. The summed E-state index contributed by atoms with van der Waals surface area (Å²) < 4.78 is 2.90. The summed E-state index contributed by atoms with van der Waals surface area (Å²) in [4.78, 5) is 37.6. The van der Waals surface area contributed by atoms with E-state index in [4.69, 9.17) is 46.4 Å². The number of benzene rings is 2. The fourth-order valence-corrected chi connectivity index (χ4v) is 3.95. The van der Waals surface area contributed by atoms with Crippen LogP contribution in [0.15, 0.2) is 35.1 Å². The van der Waals surface area contributed by atoms with Gasteiger partial charge in [-0.05, 0) is 19.1 Å². The molecule has 11 heteroatoms. The maximum atomic E-state index is 13.0. The lowest BCUT2D eigenvalue weighted by atomic mass is 10.1. The predicted octanol–water partition coefficient (Wildman–Crippen LogP) is 5.05. The van der Waals surface area contributed by atoms with Crippen LogP contribution in [0.2, 0.25) is 20.1 Å².